The van der Waals surface area contributed by atoms with E-state index in [1.165, 1.54) is 0 Å². The van der Waals surface area contributed by atoms with Crippen LogP contribution in [0.15, 0.2) is 30.3 Å². The molecule has 1 amide bonds. The molecular formula is C18H26N2O3. The number of carboxylic acids is 1. The fourth-order valence-electron chi connectivity index (χ4n) is 3.07. The van der Waals surface area contributed by atoms with Crippen molar-refractivity contribution in [2.24, 2.45) is 11.8 Å². The van der Waals surface area contributed by atoms with Crippen LogP contribution in [0.2, 0.25) is 0 Å². The molecule has 2 rings (SSSR count). The zero-order valence-corrected chi connectivity index (χ0v) is 13.9. The van der Waals surface area contributed by atoms with E-state index in [0.29, 0.717) is 12.3 Å². The third-order valence-electron chi connectivity index (χ3n) is 4.16. The van der Waals surface area contributed by atoms with Crippen molar-refractivity contribution in [2.45, 2.75) is 32.7 Å². The van der Waals surface area contributed by atoms with Crippen molar-refractivity contribution in [3.8, 4) is 0 Å². The lowest BCUT2D eigenvalue weighted by Gasteiger charge is -2.19. The molecule has 0 aliphatic carbocycles. The molecule has 0 unspecified atom stereocenters. The Bertz CT molecular complexity index is 530. The van der Waals surface area contributed by atoms with Gasteiger partial charge in [-0.05, 0) is 24.4 Å². The van der Waals surface area contributed by atoms with Crippen LogP contribution in [0.3, 0.4) is 0 Å². The number of hydrogen-bond donors (Lipinski definition) is 2. The average Bonchev–Trinajstić information content (AvgIpc) is 2.95. The predicted molar refractivity (Wildman–Crippen MR) is 89.1 cm³/mol. The number of likely N-dealkylation sites (tertiary alicyclic amines) is 1. The minimum Gasteiger partial charge on any atom is -0.480 e. The van der Waals surface area contributed by atoms with Crippen molar-refractivity contribution in [1.82, 2.24) is 10.2 Å². The molecule has 0 bridgehead atoms. The first-order valence-electron chi connectivity index (χ1n) is 8.25. The molecule has 2 N–H and O–H groups in total. The van der Waals surface area contributed by atoms with E-state index in [4.69, 9.17) is 0 Å². The van der Waals surface area contributed by atoms with Crippen LogP contribution in [0.1, 0.15) is 25.8 Å². The van der Waals surface area contributed by atoms with Gasteiger partial charge in [-0.15, -0.1) is 0 Å². The molecule has 0 spiro atoms. The third kappa shape index (κ3) is 5.36. The summed E-state index contributed by atoms with van der Waals surface area (Å²) in [6.45, 7) is 6.94. The number of benzene rings is 1. The Morgan fingerprint density at radius 3 is 2.61 bits per heavy atom. The Morgan fingerprint density at radius 2 is 2.00 bits per heavy atom. The third-order valence-corrected chi connectivity index (χ3v) is 4.16. The first kappa shape index (κ1) is 17.5. The van der Waals surface area contributed by atoms with Crippen LogP contribution in [-0.2, 0) is 16.0 Å². The van der Waals surface area contributed by atoms with Crippen molar-refractivity contribution in [3.63, 3.8) is 0 Å². The number of hydrogen-bond acceptors (Lipinski definition) is 3. The maximum Gasteiger partial charge on any atom is 0.326 e. The maximum absolute atomic E-state index is 12.4. The molecule has 1 aliphatic rings. The number of aliphatic carboxylic acids is 1. The van der Waals surface area contributed by atoms with E-state index in [2.05, 4.69) is 24.1 Å². The lowest BCUT2D eigenvalue weighted by molar-refractivity contribution is -0.142. The fraction of sp³-hybridized carbons (Fsp3) is 0.556. The first-order valence-corrected chi connectivity index (χ1v) is 8.25. The number of carbonyl (C=O) groups excluding carboxylic acids is 1. The van der Waals surface area contributed by atoms with Crippen LogP contribution in [0.4, 0.5) is 0 Å². The zero-order chi connectivity index (χ0) is 16.8. The summed E-state index contributed by atoms with van der Waals surface area (Å²) in [5.41, 5.74) is 0.910. The van der Waals surface area contributed by atoms with E-state index in [1.807, 2.05) is 30.3 Å². The molecule has 1 aromatic rings. The molecule has 0 saturated carbocycles. The quantitative estimate of drug-likeness (QED) is 0.804. The molecule has 1 heterocycles. The minimum absolute atomic E-state index is 0.105. The molecular weight excluding hydrogens is 292 g/mol. The van der Waals surface area contributed by atoms with Crippen molar-refractivity contribution in [2.75, 3.05) is 19.6 Å². The van der Waals surface area contributed by atoms with Gasteiger partial charge in [-0.25, -0.2) is 4.79 Å². The van der Waals surface area contributed by atoms with Crippen LogP contribution in [-0.4, -0.2) is 47.6 Å². The first-order chi connectivity index (χ1) is 11.0. The minimum atomic E-state index is -0.987. The van der Waals surface area contributed by atoms with Gasteiger partial charge in [-0.2, -0.15) is 0 Å². The van der Waals surface area contributed by atoms with E-state index in [9.17, 15) is 14.7 Å². The van der Waals surface area contributed by atoms with Crippen molar-refractivity contribution in [1.29, 1.82) is 0 Å². The van der Waals surface area contributed by atoms with Crippen molar-refractivity contribution < 1.29 is 14.7 Å². The Morgan fingerprint density at radius 1 is 1.30 bits per heavy atom. The molecule has 5 nitrogen and oxygen atoms in total. The number of nitrogens with one attached hydrogen (secondary N) is 1. The number of carbonyl (C=O) groups is 2. The van der Waals surface area contributed by atoms with Gasteiger partial charge in [0.2, 0.25) is 5.91 Å². The summed E-state index contributed by atoms with van der Waals surface area (Å²) in [7, 11) is 0. The molecule has 5 heteroatoms. The Balaban J connectivity index is 1.90. The smallest absolute Gasteiger partial charge is 0.326 e. The van der Waals surface area contributed by atoms with E-state index in [-0.39, 0.29) is 11.8 Å². The number of nitrogens with zero attached hydrogens (tertiary/aromatic N) is 1. The molecule has 126 valence electrons. The molecule has 1 fully saturated rings. The van der Waals surface area contributed by atoms with Crippen LogP contribution < -0.4 is 5.32 Å². The van der Waals surface area contributed by atoms with Gasteiger partial charge in [0, 0.05) is 19.5 Å². The van der Waals surface area contributed by atoms with Gasteiger partial charge < -0.3 is 15.3 Å². The van der Waals surface area contributed by atoms with Gasteiger partial charge in [0.25, 0.3) is 0 Å². The fourth-order valence-corrected chi connectivity index (χ4v) is 3.07. The normalized spacial score (nSPS) is 19.7. The molecule has 2 atom stereocenters. The highest BCUT2D eigenvalue weighted by molar-refractivity contribution is 5.85. The summed E-state index contributed by atoms with van der Waals surface area (Å²) in [4.78, 5) is 26.1. The summed E-state index contributed by atoms with van der Waals surface area (Å²) >= 11 is 0. The summed E-state index contributed by atoms with van der Waals surface area (Å²) in [5.74, 6) is -0.660. The van der Waals surface area contributed by atoms with Crippen molar-refractivity contribution in [3.05, 3.63) is 35.9 Å². The number of carboxylic acid groups (broad SMARTS) is 1. The summed E-state index contributed by atoms with van der Waals surface area (Å²) < 4.78 is 0. The van der Waals surface area contributed by atoms with Gasteiger partial charge >= 0.3 is 5.97 Å². The lowest BCUT2D eigenvalue weighted by atomic mass is 10.0. The lowest BCUT2D eigenvalue weighted by Crippen LogP contribution is -2.45. The van der Waals surface area contributed by atoms with Gasteiger partial charge in [0.15, 0.2) is 0 Å². The number of rotatable bonds is 7. The summed E-state index contributed by atoms with van der Waals surface area (Å²) in [6.07, 6.45) is 1.11. The van der Waals surface area contributed by atoms with Gasteiger partial charge in [-0.1, -0.05) is 44.2 Å². The molecule has 1 aliphatic heterocycles. The largest absolute Gasteiger partial charge is 0.480 e. The van der Waals surface area contributed by atoms with Gasteiger partial charge in [-0.3, -0.25) is 4.79 Å². The molecule has 0 radical (unpaired) electrons. The zero-order valence-electron chi connectivity index (χ0n) is 13.9. The highest BCUT2D eigenvalue weighted by Crippen LogP contribution is 2.18. The molecule has 1 aromatic carbocycles. The number of amides is 1. The van der Waals surface area contributed by atoms with Gasteiger partial charge in [0.1, 0.15) is 6.04 Å². The maximum atomic E-state index is 12.4. The summed E-state index contributed by atoms with van der Waals surface area (Å²) in [6, 6.07) is 8.52. The monoisotopic (exact) mass is 318 g/mol. The highest BCUT2D eigenvalue weighted by Gasteiger charge is 2.31. The predicted octanol–water partition coefficient (Wildman–Crippen LogP) is 1.78. The Hall–Kier alpha value is -1.88. The van der Waals surface area contributed by atoms with E-state index in [1.54, 1.807) is 0 Å². The highest BCUT2D eigenvalue weighted by atomic mass is 16.4. The second-order valence-electron chi connectivity index (χ2n) is 6.73. The second kappa shape index (κ2) is 8.11. The topological polar surface area (TPSA) is 69.6 Å². The SMILES string of the molecule is CC(C)CN1CC[C@@H](C(=O)N[C@H](Cc2ccccc2)C(=O)O)C1. The van der Waals surface area contributed by atoms with Crippen molar-refractivity contribution >= 4 is 11.9 Å². The molecule has 23 heavy (non-hydrogen) atoms. The van der Waals surface area contributed by atoms with Crippen LogP contribution in [0.5, 0.6) is 0 Å². The second-order valence-corrected chi connectivity index (χ2v) is 6.73. The Kier molecular flexibility index (Phi) is 6.16. The van der Waals surface area contributed by atoms with E-state index < -0.39 is 12.0 Å². The van der Waals surface area contributed by atoms with E-state index >= 15 is 0 Å². The molecule has 1 saturated heterocycles. The van der Waals surface area contributed by atoms with E-state index in [0.717, 1.165) is 31.6 Å². The van der Waals surface area contributed by atoms with Crippen LogP contribution in [0.25, 0.3) is 0 Å². The van der Waals surface area contributed by atoms with Gasteiger partial charge in [0.05, 0.1) is 5.92 Å². The Labute approximate surface area is 137 Å². The summed E-state index contributed by atoms with van der Waals surface area (Å²) in [5, 5.41) is 12.1. The van der Waals surface area contributed by atoms with Crippen LogP contribution >= 0.6 is 0 Å². The molecule has 0 aromatic heterocycles. The standard InChI is InChI=1S/C18H26N2O3/c1-13(2)11-20-9-8-15(12-20)17(21)19-16(18(22)23)10-14-6-4-3-5-7-14/h3-7,13,15-16H,8-12H2,1-2H3,(H,19,21)(H,22,23)/t15-,16-/m1/s1. The average molecular weight is 318 g/mol. The van der Waals surface area contributed by atoms with Crippen LogP contribution in [0, 0.1) is 11.8 Å².